The van der Waals surface area contributed by atoms with Crippen molar-refractivity contribution in [2.75, 3.05) is 12.4 Å². The van der Waals surface area contributed by atoms with Gasteiger partial charge in [-0.25, -0.2) is 13.1 Å². The molecule has 112 valence electrons. The van der Waals surface area contributed by atoms with Crippen LogP contribution in [-0.4, -0.2) is 15.5 Å². The third-order valence-electron chi connectivity index (χ3n) is 3.03. The minimum atomic E-state index is -3.23. The lowest BCUT2D eigenvalue weighted by Crippen LogP contribution is -2.20. The van der Waals surface area contributed by atoms with Crippen molar-refractivity contribution in [3.8, 4) is 0 Å². The van der Waals surface area contributed by atoms with Gasteiger partial charge in [-0.1, -0.05) is 35.9 Å². The molecule has 0 amide bonds. The van der Waals surface area contributed by atoms with Crippen LogP contribution in [0, 0.1) is 0 Å². The van der Waals surface area contributed by atoms with Crippen LogP contribution in [0.3, 0.4) is 0 Å². The summed E-state index contributed by atoms with van der Waals surface area (Å²) in [7, 11) is -1.81. The number of halogens is 1. The highest BCUT2D eigenvalue weighted by molar-refractivity contribution is 7.88. The molecule has 0 radical (unpaired) electrons. The first-order chi connectivity index (χ1) is 9.98. The van der Waals surface area contributed by atoms with Gasteiger partial charge in [0.05, 0.1) is 5.75 Å². The minimum absolute atomic E-state index is 0.0129. The number of benzene rings is 2. The van der Waals surface area contributed by atoms with E-state index in [0.29, 0.717) is 11.6 Å². The second kappa shape index (κ2) is 6.93. The molecule has 21 heavy (non-hydrogen) atoms. The molecule has 2 aromatic carbocycles. The average Bonchev–Trinajstić information content (AvgIpc) is 2.48. The fraction of sp³-hybridized carbons (Fsp3) is 0.200. The van der Waals surface area contributed by atoms with E-state index in [1.54, 1.807) is 12.1 Å². The summed E-state index contributed by atoms with van der Waals surface area (Å²) in [6.07, 6.45) is 0. The van der Waals surface area contributed by atoms with E-state index in [-0.39, 0.29) is 5.75 Å². The summed E-state index contributed by atoms with van der Waals surface area (Å²) in [5.74, 6) is -0.0129. The number of hydrogen-bond acceptors (Lipinski definition) is 3. The zero-order valence-corrected chi connectivity index (χ0v) is 13.2. The zero-order valence-electron chi connectivity index (χ0n) is 11.6. The Kier molecular flexibility index (Phi) is 5.22. The van der Waals surface area contributed by atoms with Gasteiger partial charge < -0.3 is 5.32 Å². The Labute approximate surface area is 130 Å². The Morgan fingerprint density at radius 1 is 0.952 bits per heavy atom. The lowest BCUT2D eigenvalue weighted by molar-refractivity contribution is 0.587. The molecule has 0 bridgehead atoms. The summed E-state index contributed by atoms with van der Waals surface area (Å²) < 4.78 is 25.2. The third kappa shape index (κ3) is 5.04. The van der Waals surface area contributed by atoms with Gasteiger partial charge in [0.2, 0.25) is 10.0 Å². The summed E-state index contributed by atoms with van der Waals surface area (Å²) in [6, 6.07) is 15.0. The highest BCUT2D eigenvalue weighted by Gasteiger charge is 2.07. The molecule has 6 heteroatoms. The summed E-state index contributed by atoms with van der Waals surface area (Å²) in [4.78, 5) is 0. The van der Waals surface area contributed by atoms with E-state index in [2.05, 4.69) is 10.0 Å². The van der Waals surface area contributed by atoms with Crippen LogP contribution in [0.5, 0.6) is 0 Å². The first-order valence-electron chi connectivity index (χ1n) is 6.47. The molecule has 0 unspecified atom stereocenters. The van der Waals surface area contributed by atoms with Crippen LogP contribution in [0.25, 0.3) is 0 Å². The van der Waals surface area contributed by atoms with E-state index in [9.17, 15) is 8.42 Å². The quantitative estimate of drug-likeness (QED) is 0.858. The van der Waals surface area contributed by atoms with Gasteiger partial charge in [0.25, 0.3) is 0 Å². The predicted molar refractivity (Wildman–Crippen MR) is 86.9 cm³/mol. The standard InChI is InChI=1S/C15H17ClN2O2S/c1-17-21(19,20)11-13-4-8-15(9-5-13)18-10-12-2-6-14(16)7-3-12/h2-9,17-18H,10-11H2,1H3. The molecule has 2 N–H and O–H groups in total. The molecule has 0 saturated carbocycles. The van der Waals surface area contributed by atoms with Crippen molar-refractivity contribution in [3.63, 3.8) is 0 Å². The van der Waals surface area contributed by atoms with Gasteiger partial charge in [0, 0.05) is 17.3 Å². The molecule has 0 heterocycles. The van der Waals surface area contributed by atoms with Gasteiger partial charge in [0.15, 0.2) is 0 Å². The maximum atomic E-state index is 11.5. The molecule has 0 aliphatic carbocycles. The highest BCUT2D eigenvalue weighted by atomic mass is 35.5. The largest absolute Gasteiger partial charge is 0.381 e. The Morgan fingerprint density at radius 2 is 1.52 bits per heavy atom. The number of sulfonamides is 1. The molecule has 0 aliphatic rings. The van der Waals surface area contributed by atoms with Gasteiger partial charge in [-0.05, 0) is 42.4 Å². The third-order valence-corrected chi connectivity index (χ3v) is 4.62. The van der Waals surface area contributed by atoms with Gasteiger partial charge in [-0.15, -0.1) is 0 Å². The molecule has 2 rings (SSSR count). The van der Waals surface area contributed by atoms with Crippen molar-refractivity contribution < 1.29 is 8.42 Å². The fourth-order valence-electron chi connectivity index (χ4n) is 1.82. The van der Waals surface area contributed by atoms with E-state index < -0.39 is 10.0 Å². The average molecular weight is 325 g/mol. The van der Waals surface area contributed by atoms with Crippen LogP contribution in [0.4, 0.5) is 5.69 Å². The second-order valence-corrected chi connectivity index (χ2v) is 7.00. The lowest BCUT2D eigenvalue weighted by atomic mass is 10.2. The van der Waals surface area contributed by atoms with E-state index >= 15 is 0 Å². The maximum Gasteiger partial charge on any atom is 0.215 e. The summed E-state index contributed by atoms with van der Waals surface area (Å²) in [5, 5.41) is 3.99. The van der Waals surface area contributed by atoms with Crippen LogP contribution >= 0.6 is 11.6 Å². The van der Waals surface area contributed by atoms with Crippen LogP contribution < -0.4 is 10.0 Å². The Morgan fingerprint density at radius 3 is 2.10 bits per heavy atom. The Balaban J connectivity index is 1.95. The van der Waals surface area contributed by atoms with Crippen LogP contribution in [0.15, 0.2) is 48.5 Å². The normalized spacial score (nSPS) is 11.3. The molecular weight excluding hydrogens is 308 g/mol. The van der Waals surface area contributed by atoms with Crippen molar-refractivity contribution in [1.29, 1.82) is 0 Å². The summed E-state index contributed by atoms with van der Waals surface area (Å²) in [6.45, 7) is 0.686. The first kappa shape index (κ1) is 15.8. The van der Waals surface area contributed by atoms with E-state index in [0.717, 1.165) is 16.8 Å². The summed E-state index contributed by atoms with van der Waals surface area (Å²) in [5.41, 5.74) is 2.82. The SMILES string of the molecule is CNS(=O)(=O)Cc1ccc(NCc2ccc(Cl)cc2)cc1. The van der Waals surface area contributed by atoms with Crippen LogP contribution in [0.1, 0.15) is 11.1 Å². The van der Waals surface area contributed by atoms with E-state index in [4.69, 9.17) is 11.6 Å². The smallest absolute Gasteiger partial charge is 0.215 e. The Bertz CT molecular complexity index is 683. The minimum Gasteiger partial charge on any atom is -0.381 e. The van der Waals surface area contributed by atoms with Gasteiger partial charge in [-0.3, -0.25) is 0 Å². The molecular formula is C15H17ClN2O2S. The summed E-state index contributed by atoms with van der Waals surface area (Å²) >= 11 is 5.84. The molecule has 2 aromatic rings. The van der Waals surface area contributed by atoms with Crippen molar-refractivity contribution in [1.82, 2.24) is 4.72 Å². The van der Waals surface area contributed by atoms with Crippen molar-refractivity contribution >= 4 is 27.3 Å². The van der Waals surface area contributed by atoms with Crippen LogP contribution in [-0.2, 0) is 22.3 Å². The monoisotopic (exact) mass is 324 g/mol. The lowest BCUT2D eigenvalue weighted by Gasteiger charge is -2.08. The number of rotatable bonds is 6. The maximum absolute atomic E-state index is 11.5. The van der Waals surface area contributed by atoms with Crippen molar-refractivity contribution in [3.05, 3.63) is 64.7 Å². The molecule has 0 fully saturated rings. The van der Waals surface area contributed by atoms with E-state index in [1.165, 1.54) is 7.05 Å². The topological polar surface area (TPSA) is 58.2 Å². The predicted octanol–water partition coefficient (Wildman–Crippen LogP) is 3.00. The van der Waals surface area contributed by atoms with E-state index in [1.807, 2.05) is 36.4 Å². The van der Waals surface area contributed by atoms with Gasteiger partial charge in [0.1, 0.15) is 0 Å². The molecule has 0 aromatic heterocycles. The van der Waals surface area contributed by atoms with Gasteiger partial charge >= 0.3 is 0 Å². The van der Waals surface area contributed by atoms with Crippen LogP contribution in [0.2, 0.25) is 5.02 Å². The van der Waals surface area contributed by atoms with Crippen molar-refractivity contribution in [2.45, 2.75) is 12.3 Å². The molecule has 0 saturated heterocycles. The molecule has 0 aliphatic heterocycles. The van der Waals surface area contributed by atoms with Crippen molar-refractivity contribution in [2.24, 2.45) is 0 Å². The number of anilines is 1. The first-order valence-corrected chi connectivity index (χ1v) is 8.50. The zero-order chi connectivity index (χ0) is 15.3. The highest BCUT2D eigenvalue weighted by Crippen LogP contribution is 2.14. The fourth-order valence-corrected chi connectivity index (χ4v) is 2.72. The number of nitrogens with one attached hydrogen (secondary N) is 2. The molecule has 0 atom stereocenters. The van der Waals surface area contributed by atoms with Gasteiger partial charge in [-0.2, -0.15) is 0 Å². The second-order valence-electron chi connectivity index (χ2n) is 4.64. The molecule has 4 nitrogen and oxygen atoms in total. The molecule has 0 spiro atoms. The Hall–Kier alpha value is -1.56. The number of hydrogen-bond donors (Lipinski definition) is 2.